The third kappa shape index (κ3) is 8.52. The van der Waals surface area contributed by atoms with Gasteiger partial charge in [-0.2, -0.15) is 0 Å². The zero-order valence-electron chi connectivity index (χ0n) is 26.3. The lowest BCUT2D eigenvalue weighted by molar-refractivity contribution is -0.137. The summed E-state index contributed by atoms with van der Waals surface area (Å²) in [6.07, 6.45) is -0.544. The molecule has 6 aromatic rings. The highest BCUT2D eigenvalue weighted by molar-refractivity contribution is 8.16. The largest absolute Gasteiger partial charge is 0.481 e. The highest BCUT2D eigenvalue weighted by atomic mass is 32.2. The first-order valence-corrected chi connectivity index (χ1v) is 20.7. The van der Waals surface area contributed by atoms with Gasteiger partial charge in [-0.1, -0.05) is 24.9 Å². The fraction of sp³-hybridized carbons (Fsp3) is 0.111. The lowest BCUT2D eigenvalue weighted by atomic mass is 10.1. The Morgan fingerprint density at radius 2 is 0.961 bits per heavy atom. The second-order valence-corrected chi connectivity index (χ2v) is 18.3. The summed E-state index contributed by atoms with van der Waals surface area (Å²) >= 11 is 10.1. The van der Waals surface area contributed by atoms with Crippen LogP contribution in [0.5, 0.6) is 0 Å². The van der Waals surface area contributed by atoms with Gasteiger partial charge in [0.1, 0.15) is 0 Å². The summed E-state index contributed by atoms with van der Waals surface area (Å²) in [6.45, 7) is 8.39. The molecule has 6 rings (SSSR count). The summed E-state index contributed by atoms with van der Waals surface area (Å²) in [7, 11) is 0. The Bertz CT molecular complexity index is 2320. The quantitative estimate of drug-likeness (QED) is 0.0749. The van der Waals surface area contributed by atoms with Crippen LogP contribution in [0, 0.1) is 0 Å². The van der Waals surface area contributed by atoms with Gasteiger partial charge >= 0.3 is 23.9 Å². The molecule has 0 spiro atoms. The van der Waals surface area contributed by atoms with Crippen molar-refractivity contribution in [2.45, 2.75) is 25.7 Å². The first-order chi connectivity index (χ1) is 24.4. The van der Waals surface area contributed by atoms with E-state index in [-0.39, 0.29) is 25.7 Å². The molecule has 4 N–H and O–H groups in total. The van der Waals surface area contributed by atoms with Crippen LogP contribution in [0.2, 0.25) is 0 Å². The minimum atomic E-state index is -0.975. The number of thiophene rings is 6. The average Bonchev–Trinajstić information content (AvgIpc) is 3.88. The van der Waals surface area contributed by atoms with Crippen LogP contribution in [0.4, 0.5) is 0 Å². The molecule has 15 heteroatoms. The van der Waals surface area contributed by atoms with E-state index in [9.17, 15) is 39.6 Å². The van der Waals surface area contributed by atoms with Gasteiger partial charge in [-0.05, 0) is 81.5 Å². The molecule has 6 aromatic heterocycles. The summed E-state index contributed by atoms with van der Waals surface area (Å²) in [6, 6.07) is 15.2. The molecule has 0 fully saturated rings. The van der Waals surface area contributed by atoms with Gasteiger partial charge in [-0.15, -0.1) is 68.0 Å². The van der Waals surface area contributed by atoms with Crippen LogP contribution in [-0.4, -0.2) is 44.3 Å². The standard InChI is InChI=1S/C36H26O8S7/c1-17(33-19(7-9-45-33)13-29(37)38)47-18(2)34-21(15-31(41)42)11-27(50-34)23-3-4-24(48-23)28-12-22(16-32(43)44)36(51-28)26-6-5-25(49-26)35-20(8-10-46-35)14-30(39)40/h3-12H,1-2,13-16H2,(H,37,38)(H,39,40)(H,41,42)(H,43,44). The number of aliphatic carboxylic acids is 4. The SMILES string of the molecule is C=C(SC(=C)c1sc(-c2ccc(-c3cc(CC(=O)O)c(-c4ccc(-c5sccc5CC(=O)O)s4)s3)s2)cc1CC(=O)O)c1sccc1CC(=O)O. The number of thioether (sulfide) groups is 1. The first-order valence-electron chi connectivity index (χ1n) is 14.9. The number of hydrogen-bond donors (Lipinski definition) is 4. The van der Waals surface area contributed by atoms with Crippen molar-refractivity contribution in [3.8, 4) is 39.0 Å². The third-order valence-corrected chi connectivity index (χ3v) is 15.8. The van der Waals surface area contributed by atoms with E-state index in [1.807, 2.05) is 53.2 Å². The number of hydrogen-bond acceptors (Lipinski definition) is 11. The summed E-state index contributed by atoms with van der Waals surface area (Å²) in [5.74, 6) is -3.76. The fourth-order valence-corrected chi connectivity index (χ4v) is 13.0. The van der Waals surface area contributed by atoms with E-state index < -0.39 is 23.9 Å². The molecule has 0 saturated carbocycles. The van der Waals surface area contributed by atoms with Gasteiger partial charge in [0.15, 0.2) is 0 Å². The van der Waals surface area contributed by atoms with Crippen molar-refractivity contribution < 1.29 is 39.6 Å². The maximum atomic E-state index is 11.9. The zero-order chi connectivity index (χ0) is 36.4. The lowest BCUT2D eigenvalue weighted by Crippen LogP contribution is -2.01. The number of carboxylic acid groups (broad SMARTS) is 4. The van der Waals surface area contributed by atoms with E-state index in [4.69, 9.17) is 0 Å². The molecule has 0 unspecified atom stereocenters. The number of carboxylic acids is 4. The predicted molar refractivity (Wildman–Crippen MR) is 213 cm³/mol. The van der Waals surface area contributed by atoms with Crippen molar-refractivity contribution >= 4 is 113 Å². The van der Waals surface area contributed by atoms with E-state index in [0.717, 1.165) is 54.3 Å². The Balaban J connectivity index is 1.28. The lowest BCUT2D eigenvalue weighted by Gasteiger charge is -2.09. The normalized spacial score (nSPS) is 11.1. The van der Waals surface area contributed by atoms with Crippen LogP contribution in [0.25, 0.3) is 48.8 Å². The molecule has 0 aromatic carbocycles. The summed E-state index contributed by atoms with van der Waals surface area (Å²) in [4.78, 5) is 56.3. The maximum absolute atomic E-state index is 11.9. The second-order valence-electron chi connectivity index (χ2n) is 11.0. The van der Waals surface area contributed by atoms with Gasteiger partial charge in [0.25, 0.3) is 0 Å². The van der Waals surface area contributed by atoms with Gasteiger partial charge in [0.2, 0.25) is 0 Å². The van der Waals surface area contributed by atoms with Crippen LogP contribution in [0.15, 0.2) is 72.4 Å². The van der Waals surface area contributed by atoms with Crippen LogP contribution >= 0.6 is 79.8 Å². The van der Waals surface area contributed by atoms with E-state index in [0.29, 0.717) is 26.5 Å². The number of carbonyl (C=O) groups is 4. The summed E-state index contributed by atoms with van der Waals surface area (Å²) in [5, 5.41) is 41.7. The topological polar surface area (TPSA) is 149 Å². The highest BCUT2D eigenvalue weighted by Crippen LogP contribution is 2.49. The molecular formula is C36H26O8S7. The van der Waals surface area contributed by atoms with Crippen LogP contribution in [0.3, 0.4) is 0 Å². The van der Waals surface area contributed by atoms with E-state index in [1.54, 1.807) is 6.07 Å². The molecular weight excluding hydrogens is 785 g/mol. The van der Waals surface area contributed by atoms with Gasteiger partial charge in [0, 0.05) is 58.6 Å². The Kier molecular flexibility index (Phi) is 11.3. The maximum Gasteiger partial charge on any atom is 0.307 e. The van der Waals surface area contributed by atoms with Crippen molar-refractivity contribution in [1.29, 1.82) is 0 Å². The van der Waals surface area contributed by atoms with Crippen molar-refractivity contribution in [3.63, 3.8) is 0 Å². The fourth-order valence-electron chi connectivity index (χ4n) is 5.30. The summed E-state index contributed by atoms with van der Waals surface area (Å²) in [5.41, 5.74) is 2.72. The minimum absolute atomic E-state index is 0.0729. The summed E-state index contributed by atoms with van der Waals surface area (Å²) < 4.78 is 0. The Labute approximate surface area is 320 Å². The average molecular weight is 811 g/mol. The van der Waals surface area contributed by atoms with Crippen molar-refractivity contribution in [1.82, 2.24) is 0 Å². The molecule has 0 atom stereocenters. The molecule has 0 aliphatic heterocycles. The van der Waals surface area contributed by atoms with Crippen molar-refractivity contribution in [2.24, 2.45) is 0 Å². The van der Waals surface area contributed by atoms with Gasteiger partial charge in [-0.25, -0.2) is 0 Å². The van der Waals surface area contributed by atoms with Crippen molar-refractivity contribution in [2.75, 3.05) is 0 Å². The Morgan fingerprint density at radius 1 is 0.490 bits per heavy atom. The van der Waals surface area contributed by atoms with Gasteiger partial charge < -0.3 is 20.4 Å². The van der Waals surface area contributed by atoms with Gasteiger partial charge in [0.05, 0.1) is 25.7 Å². The predicted octanol–water partition coefficient (Wildman–Crippen LogP) is 10.6. The van der Waals surface area contributed by atoms with Crippen molar-refractivity contribution in [3.05, 3.63) is 104 Å². The molecule has 51 heavy (non-hydrogen) atoms. The number of rotatable bonds is 16. The second kappa shape index (κ2) is 15.7. The van der Waals surface area contributed by atoms with E-state index >= 15 is 0 Å². The van der Waals surface area contributed by atoms with E-state index in [2.05, 4.69) is 13.2 Å². The zero-order valence-corrected chi connectivity index (χ0v) is 32.0. The molecule has 8 nitrogen and oxygen atoms in total. The first kappa shape index (κ1) is 36.7. The molecule has 6 heterocycles. The molecule has 0 aliphatic rings. The third-order valence-electron chi connectivity index (χ3n) is 7.38. The molecule has 0 saturated heterocycles. The Hall–Kier alpha value is -4.09. The highest BCUT2D eigenvalue weighted by Gasteiger charge is 2.22. The molecule has 0 aliphatic carbocycles. The minimum Gasteiger partial charge on any atom is -0.481 e. The van der Waals surface area contributed by atoms with Crippen LogP contribution in [-0.2, 0) is 44.9 Å². The smallest absolute Gasteiger partial charge is 0.307 e. The molecule has 0 bridgehead atoms. The van der Waals surface area contributed by atoms with Crippen LogP contribution < -0.4 is 0 Å². The molecule has 260 valence electrons. The Morgan fingerprint density at radius 3 is 1.63 bits per heavy atom. The van der Waals surface area contributed by atoms with E-state index in [1.165, 1.54) is 79.8 Å². The molecule has 0 radical (unpaired) electrons. The monoisotopic (exact) mass is 810 g/mol. The van der Waals surface area contributed by atoms with Crippen LogP contribution in [0.1, 0.15) is 32.0 Å². The molecule has 0 amide bonds. The van der Waals surface area contributed by atoms with Gasteiger partial charge in [-0.3, -0.25) is 19.2 Å².